The monoisotopic (exact) mass is 358 g/mol. The largest absolute Gasteiger partial charge is 0.301 e. The van der Waals surface area contributed by atoms with Crippen LogP contribution in [0.25, 0.3) is 0 Å². The average molecular weight is 359 g/mol. The maximum Gasteiger partial charge on any atom is 0.272 e. The van der Waals surface area contributed by atoms with Gasteiger partial charge in [-0.05, 0) is 30.7 Å². The number of nitro groups is 1. The first-order valence-corrected chi connectivity index (χ1v) is 7.92. The third-order valence-corrected chi connectivity index (χ3v) is 4.29. The molecular formula is C17H15ClN4O3. The summed E-state index contributed by atoms with van der Waals surface area (Å²) in [6, 6.07) is 12.1. The van der Waals surface area contributed by atoms with Crippen molar-refractivity contribution in [3.63, 3.8) is 0 Å². The first-order chi connectivity index (χ1) is 12.0. The Morgan fingerprint density at radius 1 is 1.32 bits per heavy atom. The molecule has 0 fully saturated rings. The van der Waals surface area contributed by atoms with Crippen LogP contribution in [0, 0.1) is 17.0 Å². The Morgan fingerprint density at radius 3 is 2.72 bits per heavy atom. The van der Waals surface area contributed by atoms with Crippen molar-refractivity contribution in [2.45, 2.75) is 19.6 Å². The molecule has 0 N–H and O–H groups in total. The van der Waals surface area contributed by atoms with Crippen LogP contribution < -0.4 is 4.90 Å². The smallest absolute Gasteiger partial charge is 0.272 e. The van der Waals surface area contributed by atoms with Gasteiger partial charge in [-0.15, -0.1) is 0 Å². The molecule has 1 aliphatic rings. The van der Waals surface area contributed by atoms with Crippen LogP contribution >= 0.6 is 11.6 Å². The van der Waals surface area contributed by atoms with Crippen molar-refractivity contribution in [1.82, 2.24) is 5.01 Å². The van der Waals surface area contributed by atoms with E-state index in [0.29, 0.717) is 22.8 Å². The van der Waals surface area contributed by atoms with E-state index in [1.807, 2.05) is 18.2 Å². The first kappa shape index (κ1) is 16.9. The standard InChI is InChI=1S/C17H15ClN4O3/c1-12-8-13(6-7-15(12)22(24)25)9-21-17(10-23)20(11-19-21)16-5-3-2-4-14(16)18/h2-8,10-11,17H,9H2,1H3. The highest BCUT2D eigenvalue weighted by Crippen LogP contribution is 2.29. The molecule has 1 aliphatic heterocycles. The van der Waals surface area contributed by atoms with Crippen LogP contribution in [0.2, 0.25) is 5.02 Å². The molecular weight excluding hydrogens is 344 g/mol. The number of carbonyl (C=O) groups excluding carboxylic acids is 1. The van der Waals surface area contributed by atoms with Gasteiger partial charge in [-0.3, -0.25) is 19.9 Å². The number of hydrogen-bond donors (Lipinski definition) is 0. The topological polar surface area (TPSA) is 79.0 Å². The van der Waals surface area contributed by atoms with Gasteiger partial charge in [0.25, 0.3) is 5.69 Å². The van der Waals surface area contributed by atoms with Gasteiger partial charge >= 0.3 is 0 Å². The molecule has 3 rings (SSSR count). The number of anilines is 1. The van der Waals surface area contributed by atoms with Crippen molar-refractivity contribution in [1.29, 1.82) is 0 Å². The van der Waals surface area contributed by atoms with Gasteiger partial charge in [0.15, 0.2) is 12.5 Å². The lowest BCUT2D eigenvalue weighted by atomic mass is 10.1. The van der Waals surface area contributed by atoms with Crippen LogP contribution in [0.15, 0.2) is 47.6 Å². The zero-order valence-corrected chi connectivity index (χ0v) is 14.1. The lowest BCUT2D eigenvalue weighted by Gasteiger charge is -2.26. The van der Waals surface area contributed by atoms with Gasteiger partial charge in [-0.1, -0.05) is 29.8 Å². The molecule has 0 aliphatic carbocycles. The van der Waals surface area contributed by atoms with E-state index in [-0.39, 0.29) is 5.69 Å². The molecule has 7 nitrogen and oxygen atoms in total. The summed E-state index contributed by atoms with van der Waals surface area (Å²) in [6.45, 7) is 2.03. The van der Waals surface area contributed by atoms with Crippen LogP contribution in [0.3, 0.4) is 0 Å². The number of nitro benzene ring substituents is 1. The summed E-state index contributed by atoms with van der Waals surface area (Å²) >= 11 is 6.20. The molecule has 25 heavy (non-hydrogen) atoms. The van der Waals surface area contributed by atoms with E-state index in [9.17, 15) is 14.9 Å². The minimum absolute atomic E-state index is 0.0679. The molecule has 128 valence electrons. The molecule has 0 spiro atoms. The van der Waals surface area contributed by atoms with E-state index >= 15 is 0 Å². The van der Waals surface area contributed by atoms with Gasteiger partial charge in [-0.25, -0.2) is 0 Å². The molecule has 0 saturated carbocycles. The number of aldehydes is 1. The van der Waals surface area contributed by atoms with Gasteiger partial charge < -0.3 is 4.90 Å². The summed E-state index contributed by atoms with van der Waals surface area (Å²) in [6.07, 6.45) is 1.71. The lowest BCUT2D eigenvalue weighted by molar-refractivity contribution is -0.385. The van der Waals surface area contributed by atoms with Crippen molar-refractivity contribution in [2.75, 3.05) is 4.90 Å². The molecule has 2 aromatic carbocycles. The fraction of sp³-hybridized carbons (Fsp3) is 0.176. The van der Waals surface area contributed by atoms with E-state index in [1.165, 1.54) is 6.07 Å². The summed E-state index contributed by atoms with van der Waals surface area (Å²) in [7, 11) is 0. The number of aryl methyl sites for hydroxylation is 1. The van der Waals surface area contributed by atoms with Crippen LogP contribution in [-0.4, -0.2) is 28.7 Å². The maximum atomic E-state index is 11.6. The molecule has 0 aromatic heterocycles. The number of hydrazone groups is 1. The minimum atomic E-state index is -0.629. The molecule has 2 aromatic rings. The number of halogens is 1. The van der Waals surface area contributed by atoms with E-state index in [2.05, 4.69) is 5.10 Å². The van der Waals surface area contributed by atoms with Crippen LogP contribution in [0.5, 0.6) is 0 Å². The Balaban J connectivity index is 1.81. The number of hydrogen-bond acceptors (Lipinski definition) is 6. The molecule has 0 amide bonds. The molecule has 1 unspecified atom stereocenters. The fourth-order valence-electron chi connectivity index (χ4n) is 2.75. The highest BCUT2D eigenvalue weighted by molar-refractivity contribution is 6.33. The predicted octanol–water partition coefficient (Wildman–Crippen LogP) is 3.35. The van der Waals surface area contributed by atoms with E-state index in [0.717, 1.165) is 11.8 Å². The summed E-state index contributed by atoms with van der Waals surface area (Å²) in [4.78, 5) is 23.8. The Kier molecular flexibility index (Phi) is 4.67. The first-order valence-electron chi connectivity index (χ1n) is 7.54. The van der Waals surface area contributed by atoms with Crippen molar-refractivity contribution >= 4 is 35.6 Å². The SMILES string of the molecule is Cc1cc(CN2N=CN(c3ccccc3Cl)C2C=O)ccc1[N+](=O)[O-]. The molecule has 0 radical (unpaired) electrons. The number of benzene rings is 2. The van der Waals surface area contributed by atoms with Crippen LogP contribution in [-0.2, 0) is 11.3 Å². The number of nitrogens with zero attached hydrogens (tertiary/aromatic N) is 4. The zero-order valence-electron chi connectivity index (χ0n) is 13.4. The number of para-hydroxylation sites is 1. The van der Waals surface area contributed by atoms with Gasteiger partial charge in [0, 0.05) is 11.6 Å². The average Bonchev–Trinajstić information content (AvgIpc) is 2.97. The van der Waals surface area contributed by atoms with Gasteiger partial charge in [-0.2, -0.15) is 5.10 Å². The van der Waals surface area contributed by atoms with Crippen molar-refractivity contribution in [3.8, 4) is 0 Å². The van der Waals surface area contributed by atoms with E-state index in [4.69, 9.17) is 11.6 Å². The fourth-order valence-corrected chi connectivity index (χ4v) is 2.98. The predicted molar refractivity (Wildman–Crippen MR) is 95.7 cm³/mol. The number of rotatable bonds is 5. The van der Waals surface area contributed by atoms with Crippen LogP contribution in [0.1, 0.15) is 11.1 Å². The second-order valence-corrected chi connectivity index (χ2v) is 6.02. The third kappa shape index (κ3) is 3.32. The summed E-state index contributed by atoms with van der Waals surface area (Å²) < 4.78 is 0. The maximum absolute atomic E-state index is 11.6. The Hall–Kier alpha value is -2.93. The Bertz CT molecular complexity index is 856. The summed E-state index contributed by atoms with van der Waals surface area (Å²) in [5.74, 6) is 0. The normalized spacial score (nSPS) is 16.3. The lowest BCUT2D eigenvalue weighted by Crippen LogP contribution is -2.40. The minimum Gasteiger partial charge on any atom is -0.301 e. The molecule has 1 heterocycles. The highest BCUT2D eigenvalue weighted by Gasteiger charge is 2.30. The van der Waals surface area contributed by atoms with Crippen molar-refractivity contribution in [2.24, 2.45) is 5.10 Å². The van der Waals surface area contributed by atoms with E-state index in [1.54, 1.807) is 41.4 Å². The summed E-state index contributed by atoms with van der Waals surface area (Å²) in [5, 5.41) is 17.3. The van der Waals surface area contributed by atoms with Gasteiger partial charge in [0.2, 0.25) is 0 Å². The Labute approximate surface area is 149 Å². The zero-order chi connectivity index (χ0) is 18.0. The van der Waals surface area contributed by atoms with Crippen molar-refractivity contribution < 1.29 is 9.72 Å². The molecule has 0 saturated heterocycles. The quantitative estimate of drug-likeness (QED) is 0.465. The van der Waals surface area contributed by atoms with Gasteiger partial charge in [0.05, 0.1) is 22.2 Å². The molecule has 0 bridgehead atoms. The third-order valence-electron chi connectivity index (χ3n) is 3.97. The summed E-state index contributed by atoms with van der Waals surface area (Å²) in [5.41, 5.74) is 2.15. The molecule has 8 heteroatoms. The highest BCUT2D eigenvalue weighted by atomic mass is 35.5. The second-order valence-electron chi connectivity index (χ2n) is 5.61. The van der Waals surface area contributed by atoms with Gasteiger partial charge in [0.1, 0.15) is 6.34 Å². The Morgan fingerprint density at radius 2 is 2.08 bits per heavy atom. The van der Waals surface area contributed by atoms with Crippen molar-refractivity contribution in [3.05, 3.63) is 68.7 Å². The van der Waals surface area contributed by atoms with E-state index < -0.39 is 11.1 Å². The second kappa shape index (κ2) is 6.90. The van der Waals surface area contributed by atoms with Crippen LogP contribution in [0.4, 0.5) is 11.4 Å². The number of carbonyl (C=O) groups is 1. The molecule has 1 atom stereocenters.